The molecule has 0 aromatic heterocycles. The normalized spacial score (nSPS) is 9.88. The molecule has 0 aliphatic rings. The molecule has 0 unspecified atom stereocenters. The maximum absolute atomic E-state index is 11.8. The van der Waals surface area contributed by atoms with Gasteiger partial charge in [0.15, 0.2) is 5.69 Å². The molecule has 9 nitrogen and oxygen atoms in total. The van der Waals surface area contributed by atoms with Gasteiger partial charge in [-0.15, -0.1) is 13.2 Å². The first-order chi connectivity index (χ1) is 11.4. The first kappa shape index (κ1) is 18.8. The first-order valence-electron chi connectivity index (χ1n) is 6.98. The lowest BCUT2D eigenvalue weighted by Gasteiger charge is -2.21. The van der Waals surface area contributed by atoms with Gasteiger partial charge in [-0.05, 0) is 6.92 Å². The Morgan fingerprint density at radius 1 is 1.17 bits per heavy atom. The van der Waals surface area contributed by atoms with Crippen molar-refractivity contribution in [3.05, 3.63) is 63.2 Å². The van der Waals surface area contributed by atoms with Crippen molar-refractivity contribution in [2.24, 2.45) is 0 Å². The Hall–Kier alpha value is -3.23. The summed E-state index contributed by atoms with van der Waals surface area (Å²) >= 11 is 0. The van der Waals surface area contributed by atoms with Crippen LogP contribution in [0.2, 0.25) is 0 Å². The fourth-order valence-electron chi connectivity index (χ4n) is 2.11. The van der Waals surface area contributed by atoms with Crippen LogP contribution in [0.25, 0.3) is 0 Å². The van der Waals surface area contributed by atoms with Gasteiger partial charge in [0, 0.05) is 25.2 Å². The molecule has 0 heterocycles. The van der Waals surface area contributed by atoms with Gasteiger partial charge >= 0.3 is 17.3 Å². The number of anilines is 1. The van der Waals surface area contributed by atoms with Gasteiger partial charge < -0.3 is 9.64 Å². The van der Waals surface area contributed by atoms with E-state index in [9.17, 15) is 25.0 Å². The number of nitrogens with zero attached hydrogens (tertiary/aromatic N) is 3. The molecule has 0 atom stereocenters. The van der Waals surface area contributed by atoms with Gasteiger partial charge in [0.2, 0.25) is 0 Å². The third-order valence-corrected chi connectivity index (χ3v) is 2.99. The molecule has 0 aliphatic heterocycles. The Morgan fingerprint density at radius 3 is 1.96 bits per heavy atom. The summed E-state index contributed by atoms with van der Waals surface area (Å²) in [6.45, 7) is 8.94. The summed E-state index contributed by atoms with van der Waals surface area (Å²) in [4.78, 5) is 34.4. The summed E-state index contributed by atoms with van der Waals surface area (Å²) in [5.74, 6) is -0.866. The molecule has 128 valence electrons. The van der Waals surface area contributed by atoms with E-state index in [1.165, 1.54) is 17.1 Å². The molecular formula is C15H17N3O6. The molecule has 0 spiro atoms. The van der Waals surface area contributed by atoms with Gasteiger partial charge in [0.1, 0.15) is 0 Å². The number of carbonyl (C=O) groups is 1. The molecule has 0 radical (unpaired) electrons. The van der Waals surface area contributed by atoms with Gasteiger partial charge in [0.05, 0.1) is 22.0 Å². The average molecular weight is 335 g/mol. The second-order valence-electron chi connectivity index (χ2n) is 4.58. The Labute approximate surface area is 138 Å². The Balaban J connectivity index is 3.68. The van der Waals surface area contributed by atoms with Crippen LogP contribution in [0, 0.1) is 20.2 Å². The molecule has 0 saturated heterocycles. The molecular weight excluding hydrogens is 318 g/mol. The van der Waals surface area contributed by atoms with Crippen molar-refractivity contribution in [3.63, 3.8) is 0 Å². The van der Waals surface area contributed by atoms with E-state index >= 15 is 0 Å². The third-order valence-electron chi connectivity index (χ3n) is 2.99. The van der Waals surface area contributed by atoms with Crippen LogP contribution in [0.5, 0.6) is 0 Å². The highest BCUT2D eigenvalue weighted by molar-refractivity contribution is 5.94. The molecule has 1 rings (SSSR count). The van der Waals surface area contributed by atoms with E-state index in [1.54, 1.807) is 6.92 Å². The van der Waals surface area contributed by atoms with Crippen molar-refractivity contribution in [1.29, 1.82) is 0 Å². The summed E-state index contributed by atoms with van der Waals surface area (Å²) in [6.07, 6.45) is 2.91. The lowest BCUT2D eigenvalue weighted by molar-refractivity contribution is -0.392. The highest BCUT2D eigenvalue weighted by Crippen LogP contribution is 2.39. The van der Waals surface area contributed by atoms with Crippen molar-refractivity contribution in [3.8, 4) is 0 Å². The number of hydrogen-bond donors (Lipinski definition) is 0. The zero-order valence-electron chi connectivity index (χ0n) is 13.1. The molecule has 1 aromatic rings. The molecule has 1 aromatic carbocycles. The van der Waals surface area contributed by atoms with Crippen LogP contribution in [-0.2, 0) is 4.74 Å². The SMILES string of the molecule is C=CCN(CC=C)c1c([N+](=O)[O-])cc(C(=O)OCC)cc1[N+](=O)[O-]. The third kappa shape index (κ3) is 4.15. The minimum absolute atomic E-state index is 0.0429. The lowest BCUT2D eigenvalue weighted by Crippen LogP contribution is -2.25. The van der Waals surface area contributed by atoms with Crippen molar-refractivity contribution < 1.29 is 19.4 Å². The molecule has 0 N–H and O–H groups in total. The quantitative estimate of drug-likeness (QED) is 0.295. The minimum Gasteiger partial charge on any atom is -0.462 e. The number of esters is 1. The van der Waals surface area contributed by atoms with Crippen molar-refractivity contribution >= 4 is 23.0 Å². The van der Waals surface area contributed by atoms with Gasteiger partial charge in [-0.3, -0.25) is 20.2 Å². The van der Waals surface area contributed by atoms with Crippen LogP contribution in [0.3, 0.4) is 0 Å². The number of benzene rings is 1. The molecule has 0 saturated carbocycles. The molecule has 0 amide bonds. The standard InChI is InChI=1S/C15H17N3O6/c1-4-7-16(8-5-2)14-12(17(20)21)9-11(15(19)24-6-3)10-13(14)18(22)23/h4-5,9-10H,1-2,6-8H2,3H3. The summed E-state index contributed by atoms with van der Waals surface area (Å²) in [6, 6.07) is 1.94. The van der Waals surface area contributed by atoms with E-state index in [4.69, 9.17) is 4.74 Å². The summed E-state index contributed by atoms with van der Waals surface area (Å²) in [7, 11) is 0. The van der Waals surface area contributed by atoms with E-state index in [2.05, 4.69) is 13.2 Å². The van der Waals surface area contributed by atoms with Gasteiger partial charge in [-0.2, -0.15) is 0 Å². The Kier molecular flexibility index (Phi) is 6.60. The highest BCUT2D eigenvalue weighted by Gasteiger charge is 2.32. The van der Waals surface area contributed by atoms with Crippen LogP contribution < -0.4 is 4.90 Å². The summed E-state index contributed by atoms with van der Waals surface area (Å²) in [5.41, 5.74) is -1.58. The summed E-state index contributed by atoms with van der Waals surface area (Å²) in [5, 5.41) is 22.8. The second-order valence-corrected chi connectivity index (χ2v) is 4.58. The van der Waals surface area contributed by atoms with Crippen LogP contribution in [0.15, 0.2) is 37.4 Å². The first-order valence-corrected chi connectivity index (χ1v) is 6.98. The summed E-state index contributed by atoms with van der Waals surface area (Å²) < 4.78 is 4.76. The lowest BCUT2D eigenvalue weighted by atomic mass is 10.1. The number of ether oxygens (including phenoxy) is 1. The van der Waals surface area contributed by atoms with Crippen LogP contribution in [0.4, 0.5) is 17.1 Å². The smallest absolute Gasteiger partial charge is 0.338 e. The maximum atomic E-state index is 11.8. The van der Waals surface area contributed by atoms with E-state index < -0.39 is 27.2 Å². The van der Waals surface area contributed by atoms with Gasteiger partial charge in [0.25, 0.3) is 0 Å². The largest absolute Gasteiger partial charge is 0.462 e. The van der Waals surface area contributed by atoms with Crippen molar-refractivity contribution in [1.82, 2.24) is 0 Å². The number of rotatable bonds is 9. The zero-order chi connectivity index (χ0) is 18.3. The number of hydrogen-bond acceptors (Lipinski definition) is 7. The minimum atomic E-state index is -0.866. The topological polar surface area (TPSA) is 116 Å². The predicted octanol–water partition coefficient (Wildman–Crippen LogP) is 2.86. The molecule has 0 fully saturated rings. The van der Waals surface area contributed by atoms with Gasteiger partial charge in [-0.25, -0.2) is 4.79 Å². The second kappa shape index (κ2) is 8.42. The van der Waals surface area contributed by atoms with Crippen molar-refractivity contribution in [2.75, 3.05) is 24.6 Å². The van der Waals surface area contributed by atoms with E-state index in [-0.39, 0.29) is 30.9 Å². The van der Waals surface area contributed by atoms with Crippen LogP contribution in [0.1, 0.15) is 17.3 Å². The zero-order valence-corrected chi connectivity index (χ0v) is 13.1. The monoisotopic (exact) mass is 335 g/mol. The Bertz CT molecular complexity index is 641. The van der Waals surface area contributed by atoms with E-state index in [0.717, 1.165) is 12.1 Å². The number of nitro benzene ring substituents is 2. The molecule has 0 aliphatic carbocycles. The molecule has 0 bridgehead atoms. The van der Waals surface area contributed by atoms with Crippen LogP contribution >= 0.6 is 0 Å². The Morgan fingerprint density at radius 2 is 1.62 bits per heavy atom. The number of nitro groups is 2. The van der Waals surface area contributed by atoms with Gasteiger partial charge in [-0.1, -0.05) is 12.2 Å². The molecule has 9 heteroatoms. The predicted molar refractivity (Wildman–Crippen MR) is 88.3 cm³/mol. The molecule has 24 heavy (non-hydrogen) atoms. The van der Waals surface area contributed by atoms with Crippen molar-refractivity contribution in [2.45, 2.75) is 6.92 Å². The fourth-order valence-corrected chi connectivity index (χ4v) is 2.11. The average Bonchev–Trinajstić information content (AvgIpc) is 2.53. The van der Waals surface area contributed by atoms with E-state index in [0.29, 0.717) is 0 Å². The van der Waals surface area contributed by atoms with Crippen LogP contribution in [-0.4, -0.2) is 35.5 Å². The van der Waals surface area contributed by atoms with E-state index in [1.807, 2.05) is 0 Å². The number of carbonyl (C=O) groups excluding carboxylic acids is 1. The maximum Gasteiger partial charge on any atom is 0.338 e. The highest BCUT2D eigenvalue weighted by atomic mass is 16.6. The fraction of sp³-hybridized carbons (Fsp3) is 0.267.